The Morgan fingerprint density at radius 1 is 0.947 bits per heavy atom. The first-order chi connectivity index (χ1) is 9.27. The van der Waals surface area contributed by atoms with Crippen molar-refractivity contribution in [1.29, 1.82) is 0 Å². The van der Waals surface area contributed by atoms with Gasteiger partial charge in [0.05, 0.1) is 46.2 Å². The first-order valence-electron chi connectivity index (χ1n) is 5.81. The first kappa shape index (κ1) is 17.6. The molecule has 0 aromatic carbocycles. The summed E-state index contributed by atoms with van der Waals surface area (Å²) in [5, 5.41) is 11.6. The molecule has 0 saturated carbocycles. The van der Waals surface area contributed by atoms with E-state index in [1.54, 1.807) is 0 Å². The minimum atomic E-state index is -0.996. The van der Waals surface area contributed by atoms with Crippen molar-refractivity contribution in [2.75, 3.05) is 59.4 Å². The predicted molar refractivity (Wildman–Crippen MR) is 64.9 cm³/mol. The van der Waals surface area contributed by atoms with Crippen molar-refractivity contribution in [3.63, 3.8) is 0 Å². The summed E-state index contributed by atoms with van der Waals surface area (Å²) in [5.74, 6) is -0.996. The van der Waals surface area contributed by atoms with Gasteiger partial charge < -0.3 is 24.1 Å². The van der Waals surface area contributed by atoms with Crippen LogP contribution in [0.4, 0.5) is 0 Å². The van der Waals surface area contributed by atoms with Gasteiger partial charge in [0.25, 0.3) is 0 Å². The number of aliphatic carboxylic acids is 1. The number of hydrogen-bond acceptors (Lipinski definition) is 6. The number of carboxylic acids is 1. The van der Waals surface area contributed by atoms with E-state index in [0.29, 0.717) is 46.2 Å². The maximum Gasteiger partial charge on any atom is 0.329 e. The van der Waals surface area contributed by atoms with Gasteiger partial charge in [-0.3, -0.25) is 0 Å². The van der Waals surface area contributed by atoms with E-state index in [-0.39, 0.29) is 13.2 Å². The maximum atomic E-state index is 10.1. The Hall–Kier alpha value is -1.38. The zero-order valence-electron chi connectivity index (χ0n) is 10.7. The number of carboxylic acid groups (broad SMARTS) is 1. The molecule has 0 atom stereocenters. The second-order valence-electron chi connectivity index (χ2n) is 3.24. The van der Waals surface area contributed by atoms with Crippen LogP contribution in [0.5, 0.6) is 0 Å². The fourth-order valence-electron chi connectivity index (χ4n) is 0.969. The molecule has 0 rings (SSSR count). The molecule has 9 heteroatoms. The lowest BCUT2D eigenvalue weighted by Crippen LogP contribution is -2.14. The van der Waals surface area contributed by atoms with Gasteiger partial charge in [0, 0.05) is 11.5 Å². The van der Waals surface area contributed by atoms with Crippen molar-refractivity contribution in [3.8, 4) is 0 Å². The molecule has 0 aliphatic rings. The van der Waals surface area contributed by atoms with Crippen LogP contribution in [0.2, 0.25) is 0 Å². The summed E-state index contributed by atoms with van der Waals surface area (Å²) in [7, 11) is 0. The molecule has 0 amide bonds. The van der Waals surface area contributed by atoms with Gasteiger partial charge in [-0.05, 0) is 5.53 Å². The molecule has 0 saturated heterocycles. The van der Waals surface area contributed by atoms with E-state index < -0.39 is 5.97 Å². The molecule has 0 aliphatic heterocycles. The summed E-state index contributed by atoms with van der Waals surface area (Å²) >= 11 is 0. The van der Waals surface area contributed by atoms with E-state index in [2.05, 4.69) is 10.0 Å². The highest BCUT2D eigenvalue weighted by Crippen LogP contribution is 1.83. The van der Waals surface area contributed by atoms with Crippen molar-refractivity contribution >= 4 is 5.97 Å². The van der Waals surface area contributed by atoms with Gasteiger partial charge >= 0.3 is 5.97 Å². The third-order valence-corrected chi connectivity index (χ3v) is 1.74. The van der Waals surface area contributed by atoms with Crippen LogP contribution in [-0.2, 0) is 23.7 Å². The lowest BCUT2D eigenvalue weighted by molar-refractivity contribution is -0.142. The summed E-state index contributed by atoms with van der Waals surface area (Å²) in [6.45, 7) is 2.67. The largest absolute Gasteiger partial charge is 0.480 e. The molecule has 1 N–H and O–H groups in total. The highest BCUT2D eigenvalue weighted by Gasteiger charge is 1.96. The molecule has 0 unspecified atom stereocenters. The summed E-state index contributed by atoms with van der Waals surface area (Å²) in [6.07, 6.45) is 0. The van der Waals surface area contributed by atoms with Crippen LogP contribution in [0.25, 0.3) is 10.4 Å². The number of nitrogens with zero attached hydrogens (tertiary/aromatic N) is 3. The second-order valence-corrected chi connectivity index (χ2v) is 3.24. The van der Waals surface area contributed by atoms with Crippen LogP contribution < -0.4 is 0 Å². The fraction of sp³-hybridized carbons (Fsp3) is 0.900. The summed E-state index contributed by atoms with van der Waals surface area (Å²) in [4.78, 5) is 12.7. The molecule has 110 valence electrons. The summed E-state index contributed by atoms with van der Waals surface area (Å²) in [6, 6.07) is 0. The van der Waals surface area contributed by atoms with Crippen LogP contribution in [-0.4, -0.2) is 70.5 Å². The average molecular weight is 277 g/mol. The molecule has 0 fully saturated rings. The zero-order valence-corrected chi connectivity index (χ0v) is 10.7. The Morgan fingerprint density at radius 2 is 1.42 bits per heavy atom. The average Bonchev–Trinajstić information content (AvgIpc) is 2.39. The van der Waals surface area contributed by atoms with Gasteiger partial charge in [-0.25, -0.2) is 4.79 Å². The Morgan fingerprint density at radius 3 is 1.89 bits per heavy atom. The quantitative estimate of drug-likeness (QED) is 0.213. The molecule has 0 radical (unpaired) electrons. The van der Waals surface area contributed by atoms with Crippen molar-refractivity contribution in [1.82, 2.24) is 0 Å². The molecule has 19 heavy (non-hydrogen) atoms. The Balaban J connectivity index is 2.99. The summed E-state index contributed by atoms with van der Waals surface area (Å²) < 4.78 is 20.2. The molecule has 9 nitrogen and oxygen atoms in total. The maximum absolute atomic E-state index is 10.1. The Labute approximate surface area is 111 Å². The minimum absolute atomic E-state index is 0.245. The molecular formula is C10H19N3O6. The highest BCUT2D eigenvalue weighted by molar-refractivity contribution is 5.67. The Bertz CT molecular complexity index is 258. The first-order valence-corrected chi connectivity index (χ1v) is 5.81. The van der Waals surface area contributed by atoms with E-state index in [4.69, 9.17) is 29.6 Å². The number of hydrogen-bond donors (Lipinski definition) is 1. The van der Waals surface area contributed by atoms with E-state index in [9.17, 15) is 4.79 Å². The van der Waals surface area contributed by atoms with Gasteiger partial charge in [0.15, 0.2) is 0 Å². The zero-order chi connectivity index (χ0) is 14.2. The molecule has 0 aromatic heterocycles. The van der Waals surface area contributed by atoms with Crippen molar-refractivity contribution in [3.05, 3.63) is 10.4 Å². The van der Waals surface area contributed by atoms with E-state index >= 15 is 0 Å². The molecule has 0 spiro atoms. The van der Waals surface area contributed by atoms with E-state index in [1.807, 2.05) is 0 Å². The van der Waals surface area contributed by atoms with Crippen molar-refractivity contribution < 1.29 is 28.8 Å². The molecule has 0 bridgehead atoms. The lowest BCUT2D eigenvalue weighted by atomic mass is 10.6. The standard InChI is InChI=1S/C10H19N3O6/c11-13-12-1-2-16-3-4-17-5-6-18-7-8-19-9-10(14)15/h1-9H2,(H,14,15). The van der Waals surface area contributed by atoms with Crippen LogP contribution in [0.3, 0.4) is 0 Å². The number of rotatable bonds is 14. The van der Waals surface area contributed by atoms with Crippen molar-refractivity contribution in [2.24, 2.45) is 5.11 Å². The van der Waals surface area contributed by atoms with Gasteiger partial charge in [-0.1, -0.05) is 5.11 Å². The topological polar surface area (TPSA) is 123 Å². The second kappa shape index (κ2) is 14.7. The van der Waals surface area contributed by atoms with Gasteiger partial charge in [0.1, 0.15) is 6.61 Å². The third-order valence-electron chi connectivity index (χ3n) is 1.74. The van der Waals surface area contributed by atoms with Crippen molar-refractivity contribution in [2.45, 2.75) is 0 Å². The van der Waals surface area contributed by atoms with Gasteiger partial charge in [0.2, 0.25) is 0 Å². The van der Waals surface area contributed by atoms with Crippen LogP contribution in [0, 0.1) is 0 Å². The summed E-state index contributed by atoms with van der Waals surface area (Å²) in [5.41, 5.74) is 8.00. The normalized spacial score (nSPS) is 10.1. The Kier molecular flexibility index (Phi) is 13.6. The SMILES string of the molecule is [N-]=[N+]=NCCOCCOCCOCCOCC(=O)O. The van der Waals surface area contributed by atoms with Crippen LogP contribution >= 0.6 is 0 Å². The van der Waals surface area contributed by atoms with Crippen LogP contribution in [0.1, 0.15) is 0 Å². The molecule has 0 heterocycles. The van der Waals surface area contributed by atoms with Crippen LogP contribution in [0.15, 0.2) is 5.11 Å². The van der Waals surface area contributed by atoms with E-state index in [0.717, 1.165) is 0 Å². The van der Waals surface area contributed by atoms with E-state index in [1.165, 1.54) is 0 Å². The molecular weight excluding hydrogens is 258 g/mol. The molecule has 0 aromatic rings. The highest BCUT2D eigenvalue weighted by atomic mass is 16.6. The number of azide groups is 1. The van der Waals surface area contributed by atoms with Gasteiger partial charge in [-0.2, -0.15) is 0 Å². The number of carbonyl (C=O) groups is 1. The van der Waals surface area contributed by atoms with Gasteiger partial charge in [-0.15, -0.1) is 0 Å². The monoisotopic (exact) mass is 277 g/mol. The smallest absolute Gasteiger partial charge is 0.329 e. The third kappa shape index (κ3) is 16.6. The minimum Gasteiger partial charge on any atom is -0.480 e. The molecule has 0 aliphatic carbocycles. The predicted octanol–water partition coefficient (Wildman–Crippen LogP) is 0.448. The lowest BCUT2D eigenvalue weighted by Gasteiger charge is -2.06. The fourth-order valence-corrected chi connectivity index (χ4v) is 0.969. The number of ether oxygens (including phenoxy) is 4.